The Hall–Kier alpha value is -2.40. The van der Waals surface area contributed by atoms with Crippen LogP contribution in [0.15, 0.2) is 71.5 Å². The number of aromatic nitrogens is 2. The van der Waals surface area contributed by atoms with Gasteiger partial charge in [-0.2, -0.15) is 5.10 Å². The zero-order valence-corrected chi connectivity index (χ0v) is 14.2. The van der Waals surface area contributed by atoms with E-state index in [4.69, 9.17) is 0 Å². The molecule has 0 aliphatic heterocycles. The van der Waals surface area contributed by atoms with Crippen LogP contribution in [0.4, 0.5) is 0 Å². The van der Waals surface area contributed by atoms with E-state index in [9.17, 15) is 4.79 Å². The molecule has 0 fully saturated rings. The van der Waals surface area contributed by atoms with E-state index in [0.717, 1.165) is 15.7 Å². The molecule has 116 valence electrons. The number of benzene rings is 2. The summed E-state index contributed by atoms with van der Waals surface area (Å²) in [5, 5.41) is 7.26. The normalized spacial score (nSPS) is 11.9. The lowest BCUT2D eigenvalue weighted by molar-refractivity contribution is 0.0939. The summed E-state index contributed by atoms with van der Waals surface area (Å²) in [6, 6.07) is 17.0. The molecule has 23 heavy (non-hydrogen) atoms. The lowest BCUT2D eigenvalue weighted by Crippen LogP contribution is -2.28. The molecule has 1 N–H and O–H groups in total. The van der Waals surface area contributed by atoms with E-state index in [-0.39, 0.29) is 11.9 Å². The fourth-order valence-electron chi connectivity index (χ4n) is 2.46. The SMILES string of the molecule is C[C@H](NC(=O)c1ccccc1-n1cccn1)c1ccccc1Br. The van der Waals surface area contributed by atoms with Crippen molar-refractivity contribution in [3.63, 3.8) is 0 Å². The first-order valence-corrected chi connectivity index (χ1v) is 8.10. The van der Waals surface area contributed by atoms with Crippen LogP contribution in [0, 0.1) is 0 Å². The van der Waals surface area contributed by atoms with Crippen LogP contribution in [0.1, 0.15) is 28.9 Å². The molecule has 0 unspecified atom stereocenters. The van der Waals surface area contributed by atoms with Gasteiger partial charge in [-0.1, -0.05) is 46.3 Å². The van der Waals surface area contributed by atoms with Crippen molar-refractivity contribution >= 4 is 21.8 Å². The molecular formula is C18H16BrN3O. The molecule has 0 aliphatic carbocycles. The quantitative estimate of drug-likeness (QED) is 0.751. The van der Waals surface area contributed by atoms with Gasteiger partial charge in [-0.25, -0.2) is 4.68 Å². The maximum absolute atomic E-state index is 12.7. The van der Waals surface area contributed by atoms with Crippen molar-refractivity contribution in [1.29, 1.82) is 0 Å². The van der Waals surface area contributed by atoms with Gasteiger partial charge in [-0.15, -0.1) is 0 Å². The Morgan fingerprint density at radius 2 is 1.87 bits per heavy atom. The van der Waals surface area contributed by atoms with E-state index in [1.165, 1.54) is 0 Å². The summed E-state index contributed by atoms with van der Waals surface area (Å²) in [6.45, 7) is 1.97. The monoisotopic (exact) mass is 369 g/mol. The van der Waals surface area contributed by atoms with Gasteiger partial charge in [0.15, 0.2) is 0 Å². The van der Waals surface area contributed by atoms with Crippen molar-refractivity contribution in [2.45, 2.75) is 13.0 Å². The van der Waals surface area contributed by atoms with Crippen molar-refractivity contribution in [3.8, 4) is 5.69 Å². The third kappa shape index (κ3) is 3.35. The van der Waals surface area contributed by atoms with Gasteiger partial charge >= 0.3 is 0 Å². The third-order valence-electron chi connectivity index (χ3n) is 3.62. The van der Waals surface area contributed by atoms with Crippen LogP contribution in [-0.4, -0.2) is 15.7 Å². The van der Waals surface area contributed by atoms with Crippen molar-refractivity contribution in [3.05, 3.63) is 82.6 Å². The average Bonchev–Trinajstić information content (AvgIpc) is 3.09. The minimum Gasteiger partial charge on any atom is -0.345 e. The number of carbonyl (C=O) groups is 1. The maximum Gasteiger partial charge on any atom is 0.253 e. The van der Waals surface area contributed by atoms with Crippen LogP contribution >= 0.6 is 15.9 Å². The second-order valence-electron chi connectivity index (χ2n) is 5.18. The number of hydrogen-bond donors (Lipinski definition) is 1. The number of rotatable bonds is 4. The number of carbonyl (C=O) groups excluding carboxylic acids is 1. The largest absolute Gasteiger partial charge is 0.345 e. The zero-order valence-electron chi connectivity index (χ0n) is 12.6. The van der Waals surface area contributed by atoms with E-state index < -0.39 is 0 Å². The Labute approximate surface area is 143 Å². The maximum atomic E-state index is 12.7. The van der Waals surface area contributed by atoms with E-state index in [0.29, 0.717) is 5.56 Å². The standard InChI is InChI=1S/C18H16BrN3O/c1-13(14-7-2-4-9-16(14)19)21-18(23)15-8-3-5-10-17(15)22-12-6-11-20-22/h2-13H,1H3,(H,21,23)/t13-/m0/s1. The number of nitrogens with zero attached hydrogens (tertiary/aromatic N) is 2. The minimum atomic E-state index is -0.126. The summed E-state index contributed by atoms with van der Waals surface area (Å²) in [4.78, 5) is 12.7. The smallest absolute Gasteiger partial charge is 0.253 e. The molecule has 1 amide bonds. The number of nitrogens with one attached hydrogen (secondary N) is 1. The predicted octanol–water partition coefficient (Wildman–Crippen LogP) is 4.13. The molecule has 2 aromatic carbocycles. The Balaban J connectivity index is 1.86. The molecule has 0 spiro atoms. The summed E-state index contributed by atoms with van der Waals surface area (Å²) in [7, 11) is 0. The van der Waals surface area contributed by atoms with Crippen LogP contribution in [0.5, 0.6) is 0 Å². The highest BCUT2D eigenvalue weighted by molar-refractivity contribution is 9.10. The van der Waals surface area contributed by atoms with E-state index >= 15 is 0 Å². The zero-order chi connectivity index (χ0) is 16.2. The highest BCUT2D eigenvalue weighted by atomic mass is 79.9. The number of amides is 1. The van der Waals surface area contributed by atoms with Crippen molar-refractivity contribution in [2.24, 2.45) is 0 Å². The first-order chi connectivity index (χ1) is 11.2. The van der Waals surface area contributed by atoms with Gasteiger partial charge < -0.3 is 5.32 Å². The Morgan fingerprint density at radius 3 is 2.61 bits per heavy atom. The summed E-state index contributed by atoms with van der Waals surface area (Å²) in [6.07, 6.45) is 3.52. The number of hydrogen-bond acceptors (Lipinski definition) is 2. The summed E-state index contributed by atoms with van der Waals surface area (Å²) in [5.74, 6) is -0.126. The van der Waals surface area contributed by atoms with Gasteiger partial charge in [0.2, 0.25) is 0 Å². The van der Waals surface area contributed by atoms with Crippen LogP contribution in [0.2, 0.25) is 0 Å². The van der Waals surface area contributed by atoms with Gasteiger partial charge in [0.05, 0.1) is 17.3 Å². The van der Waals surface area contributed by atoms with Crippen LogP contribution in [0.25, 0.3) is 5.69 Å². The highest BCUT2D eigenvalue weighted by Gasteiger charge is 2.16. The molecule has 1 atom stereocenters. The lowest BCUT2D eigenvalue weighted by atomic mass is 10.1. The molecule has 5 heteroatoms. The number of halogens is 1. The molecule has 1 heterocycles. The molecule has 0 saturated heterocycles. The Kier molecular flexibility index (Phi) is 4.57. The summed E-state index contributed by atoms with van der Waals surface area (Å²) < 4.78 is 2.67. The average molecular weight is 370 g/mol. The molecule has 3 rings (SSSR count). The fourth-order valence-corrected chi connectivity index (χ4v) is 3.08. The van der Waals surface area contributed by atoms with Gasteiger partial charge in [0, 0.05) is 16.9 Å². The molecule has 0 bridgehead atoms. The second-order valence-corrected chi connectivity index (χ2v) is 6.04. The van der Waals surface area contributed by atoms with Crippen molar-refractivity contribution in [2.75, 3.05) is 0 Å². The summed E-state index contributed by atoms with van der Waals surface area (Å²) >= 11 is 3.52. The lowest BCUT2D eigenvalue weighted by Gasteiger charge is -2.17. The molecule has 0 aliphatic rings. The molecule has 0 radical (unpaired) electrons. The molecule has 0 saturated carbocycles. The van der Waals surface area contributed by atoms with Crippen molar-refractivity contribution < 1.29 is 4.79 Å². The highest BCUT2D eigenvalue weighted by Crippen LogP contribution is 2.23. The molecular weight excluding hydrogens is 354 g/mol. The molecule has 4 nitrogen and oxygen atoms in total. The predicted molar refractivity (Wildman–Crippen MR) is 93.6 cm³/mol. The van der Waals surface area contributed by atoms with E-state index in [1.54, 1.807) is 16.9 Å². The van der Waals surface area contributed by atoms with E-state index in [1.807, 2.05) is 61.7 Å². The Morgan fingerprint density at radius 1 is 1.13 bits per heavy atom. The number of para-hydroxylation sites is 1. The Bertz CT molecular complexity index is 815. The van der Waals surface area contributed by atoms with E-state index in [2.05, 4.69) is 26.3 Å². The topological polar surface area (TPSA) is 46.9 Å². The first kappa shape index (κ1) is 15.5. The van der Waals surface area contributed by atoms with Crippen LogP contribution in [-0.2, 0) is 0 Å². The van der Waals surface area contributed by atoms with Gasteiger partial charge in [0.25, 0.3) is 5.91 Å². The van der Waals surface area contributed by atoms with Crippen LogP contribution < -0.4 is 5.32 Å². The van der Waals surface area contributed by atoms with Gasteiger partial charge in [-0.3, -0.25) is 4.79 Å². The third-order valence-corrected chi connectivity index (χ3v) is 4.34. The van der Waals surface area contributed by atoms with Crippen molar-refractivity contribution in [1.82, 2.24) is 15.1 Å². The van der Waals surface area contributed by atoms with Gasteiger partial charge in [0.1, 0.15) is 0 Å². The molecule has 1 aromatic heterocycles. The van der Waals surface area contributed by atoms with Crippen LogP contribution in [0.3, 0.4) is 0 Å². The summed E-state index contributed by atoms with van der Waals surface area (Å²) in [5.41, 5.74) is 2.39. The minimum absolute atomic E-state index is 0.108. The van der Waals surface area contributed by atoms with Gasteiger partial charge in [-0.05, 0) is 36.8 Å². The fraction of sp³-hybridized carbons (Fsp3) is 0.111. The first-order valence-electron chi connectivity index (χ1n) is 7.31. The second kappa shape index (κ2) is 6.79. The molecule has 3 aromatic rings.